The summed E-state index contributed by atoms with van der Waals surface area (Å²) in [5, 5.41) is 0. The molecule has 1 atom stereocenters. The number of hydrogen-bond acceptors (Lipinski definition) is 4. The molecule has 116 valence electrons. The van der Waals surface area contributed by atoms with Crippen molar-refractivity contribution in [3.63, 3.8) is 0 Å². The summed E-state index contributed by atoms with van der Waals surface area (Å²) in [6, 6.07) is 5.51. The summed E-state index contributed by atoms with van der Waals surface area (Å²) >= 11 is 5.79. The van der Waals surface area contributed by atoms with Crippen LogP contribution in [0, 0.1) is 0 Å². The molecule has 1 amide bonds. The highest BCUT2D eigenvalue weighted by atomic mass is 35.5. The zero-order valence-electron chi connectivity index (χ0n) is 12.3. The molecule has 6 heteroatoms. The average Bonchev–Trinajstić information content (AvgIpc) is 2.54. The van der Waals surface area contributed by atoms with Crippen LogP contribution in [0.1, 0.15) is 5.56 Å². The quantitative estimate of drug-likeness (QED) is 0.777. The van der Waals surface area contributed by atoms with Gasteiger partial charge in [0.25, 0.3) is 0 Å². The molecule has 1 saturated heterocycles. The van der Waals surface area contributed by atoms with E-state index in [9.17, 15) is 4.79 Å². The molecule has 1 aromatic rings. The summed E-state index contributed by atoms with van der Waals surface area (Å²) in [5.41, 5.74) is 0.895. The van der Waals surface area contributed by atoms with Gasteiger partial charge in [0, 0.05) is 13.1 Å². The number of alkyl halides is 1. The van der Waals surface area contributed by atoms with E-state index in [1.165, 1.54) is 0 Å². The number of rotatable bonds is 5. The molecule has 1 unspecified atom stereocenters. The number of amides is 1. The Hall–Kier alpha value is -1.46. The topological polar surface area (TPSA) is 48.0 Å². The Morgan fingerprint density at radius 3 is 2.81 bits per heavy atom. The van der Waals surface area contributed by atoms with E-state index >= 15 is 0 Å². The minimum absolute atomic E-state index is 0.0700. The Bertz CT molecular complexity index is 495. The molecule has 0 bridgehead atoms. The first kappa shape index (κ1) is 15.9. The van der Waals surface area contributed by atoms with Crippen molar-refractivity contribution in [1.82, 2.24) is 4.90 Å². The van der Waals surface area contributed by atoms with Crippen LogP contribution in [0.5, 0.6) is 11.5 Å². The van der Waals surface area contributed by atoms with Crippen molar-refractivity contribution < 1.29 is 19.0 Å². The van der Waals surface area contributed by atoms with Gasteiger partial charge in [-0.25, -0.2) is 0 Å². The van der Waals surface area contributed by atoms with Crippen LogP contribution in [0.25, 0.3) is 0 Å². The zero-order valence-corrected chi connectivity index (χ0v) is 13.1. The Morgan fingerprint density at radius 2 is 2.14 bits per heavy atom. The molecule has 0 aliphatic carbocycles. The summed E-state index contributed by atoms with van der Waals surface area (Å²) in [4.78, 5) is 14.1. The average molecular weight is 314 g/mol. The van der Waals surface area contributed by atoms with Crippen molar-refractivity contribution in [1.29, 1.82) is 0 Å². The van der Waals surface area contributed by atoms with Crippen LogP contribution in [0.3, 0.4) is 0 Å². The molecule has 5 nitrogen and oxygen atoms in total. The fourth-order valence-corrected chi connectivity index (χ4v) is 2.50. The first-order chi connectivity index (χ1) is 10.2. The molecule has 1 aliphatic heterocycles. The Morgan fingerprint density at radius 1 is 1.38 bits per heavy atom. The molecular weight excluding hydrogens is 294 g/mol. The molecule has 0 N–H and O–H groups in total. The molecule has 0 aromatic heterocycles. The monoisotopic (exact) mass is 313 g/mol. The number of halogens is 1. The van der Waals surface area contributed by atoms with E-state index < -0.39 is 0 Å². The Balaban J connectivity index is 2.02. The normalized spacial score (nSPS) is 18.4. The predicted octanol–water partition coefficient (Wildman–Crippen LogP) is 1.71. The summed E-state index contributed by atoms with van der Waals surface area (Å²) in [6.07, 6.45) is 0.254. The van der Waals surface area contributed by atoms with Gasteiger partial charge < -0.3 is 19.1 Å². The maximum atomic E-state index is 12.3. The van der Waals surface area contributed by atoms with Gasteiger partial charge in [-0.15, -0.1) is 11.6 Å². The van der Waals surface area contributed by atoms with Crippen molar-refractivity contribution in [2.24, 2.45) is 0 Å². The zero-order chi connectivity index (χ0) is 15.2. The van der Waals surface area contributed by atoms with Crippen LogP contribution >= 0.6 is 11.6 Å². The number of carbonyl (C=O) groups excluding carboxylic acids is 1. The standard InChI is InChI=1S/C15H20ClNO4/c1-19-13-4-3-11(7-14(13)20-2)8-15(18)17-5-6-21-12(9-16)10-17/h3-4,7,12H,5-6,8-10H2,1-2H3. The number of nitrogens with zero attached hydrogens (tertiary/aromatic N) is 1. The third-order valence-electron chi connectivity index (χ3n) is 3.47. The van der Waals surface area contributed by atoms with Crippen molar-refractivity contribution in [2.45, 2.75) is 12.5 Å². The second-order valence-electron chi connectivity index (χ2n) is 4.85. The number of methoxy groups -OCH3 is 2. The molecule has 1 aliphatic rings. The predicted molar refractivity (Wildman–Crippen MR) is 80.3 cm³/mol. The highest BCUT2D eigenvalue weighted by Gasteiger charge is 2.23. The lowest BCUT2D eigenvalue weighted by Gasteiger charge is -2.32. The van der Waals surface area contributed by atoms with E-state index in [0.717, 1.165) is 5.56 Å². The Labute approximate surface area is 129 Å². The molecular formula is C15H20ClNO4. The first-order valence-electron chi connectivity index (χ1n) is 6.84. The number of morpholine rings is 1. The van der Waals surface area contributed by atoms with Crippen LogP contribution in [-0.4, -0.2) is 56.7 Å². The molecule has 1 fully saturated rings. The van der Waals surface area contributed by atoms with Gasteiger partial charge >= 0.3 is 0 Å². The van der Waals surface area contributed by atoms with Gasteiger partial charge in [0.05, 0.1) is 39.2 Å². The van der Waals surface area contributed by atoms with Crippen LogP contribution in [0.15, 0.2) is 18.2 Å². The van der Waals surface area contributed by atoms with E-state index in [-0.39, 0.29) is 12.0 Å². The summed E-state index contributed by atoms with van der Waals surface area (Å²) in [6.45, 7) is 1.70. The molecule has 0 spiro atoms. The minimum Gasteiger partial charge on any atom is -0.493 e. The number of benzene rings is 1. The van der Waals surface area contributed by atoms with Crippen molar-refractivity contribution in [3.8, 4) is 11.5 Å². The molecule has 1 heterocycles. The number of carbonyl (C=O) groups is 1. The third-order valence-corrected chi connectivity index (χ3v) is 3.81. The second-order valence-corrected chi connectivity index (χ2v) is 5.16. The molecule has 21 heavy (non-hydrogen) atoms. The highest BCUT2D eigenvalue weighted by Crippen LogP contribution is 2.27. The van der Waals surface area contributed by atoms with E-state index in [4.69, 9.17) is 25.8 Å². The molecule has 2 rings (SSSR count). The molecule has 0 saturated carbocycles. The lowest BCUT2D eigenvalue weighted by atomic mass is 10.1. The van der Waals surface area contributed by atoms with Crippen LogP contribution in [0.2, 0.25) is 0 Å². The summed E-state index contributed by atoms with van der Waals surface area (Å²) in [7, 11) is 3.17. The van der Waals surface area contributed by atoms with Gasteiger partial charge in [-0.05, 0) is 17.7 Å². The van der Waals surface area contributed by atoms with E-state index in [1.807, 2.05) is 18.2 Å². The highest BCUT2D eigenvalue weighted by molar-refractivity contribution is 6.18. The van der Waals surface area contributed by atoms with E-state index in [1.54, 1.807) is 19.1 Å². The lowest BCUT2D eigenvalue weighted by Crippen LogP contribution is -2.46. The minimum atomic E-state index is -0.0743. The van der Waals surface area contributed by atoms with Gasteiger partial charge in [-0.2, -0.15) is 0 Å². The summed E-state index contributed by atoms with van der Waals surface area (Å²) < 4.78 is 15.9. The van der Waals surface area contributed by atoms with Gasteiger partial charge in [0.15, 0.2) is 11.5 Å². The van der Waals surface area contributed by atoms with Gasteiger partial charge in [-0.1, -0.05) is 6.07 Å². The van der Waals surface area contributed by atoms with Crippen molar-refractivity contribution in [3.05, 3.63) is 23.8 Å². The lowest BCUT2D eigenvalue weighted by molar-refractivity contribution is -0.137. The molecule has 0 radical (unpaired) electrons. The van der Waals surface area contributed by atoms with E-state index in [2.05, 4.69) is 0 Å². The SMILES string of the molecule is COc1ccc(CC(=O)N2CCOC(CCl)C2)cc1OC. The Kier molecular flexibility index (Phi) is 5.70. The van der Waals surface area contributed by atoms with Crippen molar-refractivity contribution in [2.75, 3.05) is 39.8 Å². The van der Waals surface area contributed by atoms with Crippen LogP contribution < -0.4 is 9.47 Å². The van der Waals surface area contributed by atoms with Gasteiger partial charge in [-0.3, -0.25) is 4.79 Å². The number of hydrogen-bond donors (Lipinski definition) is 0. The number of ether oxygens (including phenoxy) is 3. The summed E-state index contributed by atoms with van der Waals surface area (Å²) in [5.74, 6) is 1.76. The maximum Gasteiger partial charge on any atom is 0.227 e. The fraction of sp³-hybridized carbons (Fsp3) is 0.533. The second kappa shape index (κ2) is 7.52. The van der Waals surface area contributed by atoms with Crippen LogP contribution in [-0.2, 0) is 16.0 Å². The van der Waals surface area contributed by atoms with Gasteiger partial charge in [0.1, 0.15) is 0 Å². The maximum absolute atomic E-state index is 12.3. The largest absolute Gasteiger partial charge is 0.493 e. The van der Waals surface area contributed by atoms with Crippen molar-refractivity contribution >= 4 is 17.5 Å². The molecule has 1 aromatic carbocycles. The third kappa shape index (κ3) is 4.02. The van der Waals surface area contributed by atoms with Gasteiger partial charge in [0.2, 0.25) is 5.91 Å². The van der Waals surface area contributed by atoms with Crippen LogP contribution in [0.4, 0.5) is 0 Å². The first-order valence-corrected chi connectivity index (χ1v) is 7.37. The fourth-order valence-electron chi connectivity index (χ4n) is 2.32. The smallest absolute Gasteiger partial charge is 0.227 e. The van der Waals surface area contributed by atoms with E-state index in [0.29, 0.717) is 43.5 Å².